The zero-order valence-corrected chi connectivity index (χ0v) is 21.5. The first-order chi connectivity index (χ1) is 17.0. The van der Waals surface area contributed by atoms with E-state index < -0.39 is 33.4 Å². The predicted molar refractivity (Wildman–Crippen MR) is 137 cm³/mol. The summed E-state index contributed by atoms with van der Waals surface area (Å²) >= 11 is 0. The van der Waals surface area contributed by atoms with E-state index in [1.165, 1.54) is 23.1 Å². The molecule has 1 saturated carbocycles. The van der Waals surface area contributed by atoms with Crippen LogP contribution in [-0.2, 0) is 26.2 Å². The molecule has 0 saturated heterocycles. The van der Waals surface area contributed by atoms with Crippen LogP contribution >= 0.6 is 0 Å². The highest BCUT2D eigenvalue weighted by Gasteiger charge is 2.32. The SMILES string of the molecule is Cc1ccccc1CN(C(=O)CN(c1cccc([N+](=O)[O-])c1)S(C)(=O)=O)[C@H](C)C(=O)NC1CCCC1. The van der Waals surface area contributed by atoms with Crippen molar-refractivity contribution >= 4 is 33.2 Å². The number of amides is 2. The van der Waals surface area contributed by atoms with Crippen LogP contribution in [0.1, 0.15) is 43.7 Å². The maximum atomic E-state index is 13.6. The van der Waals surface area contributed by atoms with E-state index in [2.05, 4.69) is 5.32 Å². The maximum Gasteiger partial charge on any atom is 0.271 e. The summed E-state index contributed by atoms with van der Waals surface area (Å²) in [4.78, 5) is 38.6. The smallest absolute Gasteiger partial charge is 0.271 e. The lowest BCUT2D eigenvalue weighted by Crippen LogP contribution is -2.52. The van der Waals surface area contributed by atoms with Crippen molar-refractivity contribution in [3.8, 4) is 0 Å². The van der Waals surface area contributed by atoms with Gasteiger partial charge in [0.25, 0.3) is 5.69 Å². The van der Waals surface area contributed by atoms with Crippen molar-refractivity contribution in [1.29, 1.82) is 0 Å². The summed E-state index contributed by atoms with van der Waals surface area (Å²) in [5.74, 6) is -0.894. The van der Waals surface area contributed by atoms with Gasteiger partial charge in [-0.1, -0.05) is 43.2 Å². The van der Waals surface area contributed by atoms with E-state index in [0.717, 1.165) is 53.4 Å². The molecule has 1 aliphatic rings. The Morgan fingerprint density at radius 1 is 1.14 bits per heavy atom. The molecule has 11 heteroatoms. The highest BCUT2D eigenvalue weighted by atomic mass is 32.2. The summed E-state index contributed by atoms with van der Waals surface area (Å²) < 4.78 is 26.1. The average molecular weight is 517 g/mol. The molecule has 2 aromatic carbocycles. The molecule has 2 aromatic rings. The van der Waals surface area contributed by atoms with Crippen LogP contribution in [0.15, 0.2) is 48.5 Å². The monoisotopic (exact) mass is 516 g/mol. The molecule has 10 nitrogen and oxygen atoms in total. The van der Waals surface area contributed by atoms with Crippen LogP contribution in [0.3, 0.4) is 0 Å². The first-order valence-electron chi connectivity index (χ1n) is 11.8. The molecular weight excluding hydrogens is 484 g/mol. The van der Waals surface area contributed by atoms with Crippen molar-refractivity contribution in [3.05, 3.63) is 69.8 Å². The van der Waals surface area contributed by atoms with E-state index in [1.54, 1.807) is 6.92 Å². The Bertz CT molecular complexity index is 1230. The second-order valence-electron chi connectivity index (χ2n) is 9.16. The Labute approximate surface area is 211 Å². The van der Waals surface area contributed by atoms with E-state index in [-0.39, 0.29) is 29.9 Å². The van der Waals surface area contributed by atoms with Gasteiger partial charge in [-0.2, -0.15) is 0 Å². The lowest BCUT2D eigenvalue weighted by atomic mass is 10.1. The molecule has 0 spiro atoms. The highest BCUT2D eigenvalue weighted by molar-refractivity contribution is 7.92. The van der Waals surface area contributed by atoms with E-state index in [9.17, 15) is 28.1 Å². The molecule has 0 bridgehead atoms. The number of nitrogens with zero attached hydrogens (tertiary/aromatic N) is 3. The van der Waals surface area contributed by atoms with E-state index in [4.69, 9.17) is 0 Å². The largest absolute Gasteiger partial charge is 0.352 e. The fourth-order valence-corrected chi connectivity index (χ4v) is 5.16. The number of nitro benzene ring substituents is 1. The summed E-state index contributed by atoms with van der Waals surface area (Å²) in [7, 11) is -3.97. The minimum Gasteiger partial charge on any atom is -0.352 e. The van der Waals surface area contributed by atoms with Gasteiger partial charge in [0, 0.05) is 24.7 Å². The van der Waals surface area contributed by atoms with Crippen LogP contribution in [-0.4, -0.2) is 54.9 Å². The Morgan fingerprint density at radius 2 is 1.81 bits per heavy atom. The number of aryl methyl sites for hydroxylation is 1. The molecule has 1 N–H and O–H groups in total. The Balaban J connectivity index is 1.91. The number of carbonyl (C=O) groups excluding carboxylic acids is 2. The summed E-state index contributed by atoms with van der Waals surface area (Å²) in [6.45, 7) is 3.02. The Morgan fingerprint density at radius 3 is 2.42 bits per heavy atom. The van der Waals surface area contributed by atoms with E-state index in [0.29, 0.717) is 0 Å². The molecule has 0 aromatic heterocycles. The van der Waals surface area contributed by atoms with Gasteiger partial charge in [0.05, 0.1) is 16.9 Å². The number of hydrogen-bond donors (Lipinski definition) is 1. The molecule has 1 aliphatic carbocycles. The second-order valence-corrected chi connectivity index (χ2v) is 11.1. The molecule has 0 radical (unpaired) electrons. The zero-order valence-electron chi connectivity index (χ0n) is 20.7. The van der Waals surface area contributed by atoms with E-state index >= 15 is 0 Å². The number of benzene rings is 2. The molecule has 36 heavy (non-hydrogen) atoms. The van der Waals surface area contributed by atoms with Gasteiger partial charge in [0.15, 0.2) is 0 Å². The zero-order chi connectivity index (χ0) is 26.5. The van der Waals surface area contributed by atoms with Crippen LogP contribution in [0, 0.1) is 17.0 Å². The van der Waals surface area contributed by atoms with Crippen LogP contribution in [0.25, 0.3) is 0 Å². The van der Waals surface area contributed by atoms with Gasteiger partial charge < -0.3 is 10.2 Å². The standard InChI is InChI=1S/C25H32N4O6S/c1-18-9-4-5-10-20(18)16-27(19(2)25(31)26-21-11-6-7-12-21)24(30)17-28(36(3,34)35)22-13-8-14-23(15-22)29(32)33/h4-5,8-10,13-15,19,21H,6-7,11-12,16-17H2,1-3H3,(H,26,31)/t19-/m1/s1. The fraction of sp³-hybridized carbons (Fsp3) is 0.440. The first kappa shape index (κ1) is 27.1. The van der Waals surface area contributed by atoms with Crippen molar-refractivity contribution in [3.63, 3.8) is 0 Å². The van der Waals surface area contributed by atoms with Crippen molar-refractivity contribution in [1.82, 2.24) is 10.2 Å². The molecule has 0 aliphatic heterocycles. The second kappa shape index (κ2) is 11.5. The molecular formula is C25H32N4O6S. The van der Waals surface area contributed by atoms with Crippen LogP contribution in [0.5, 0.6) is 0 Å². The first-order valence-corrected chi connectivity index (χ1v) is 13.7. The topological polar surface area (TPSA) is 130 Å². The maximum absolute atomic E-state index is 13.6. The number of sulfonamides is 1. The number of non-ortho nitro benzene ring substituents is 1. The average Bonchev–Trinajstić information content (AvgIpc) is 3.33. The number of hydrogen-bond acceptors (Lipinski definition) is 6. The van der Waals surface area contributed by atoms with Gasteiger partial charge in [-0.15, -0.1) is 0 Å². The highest BCUT2D eigenvalue weighted by Crippen LogP contribution is 2.24. The Kier molecular flexibility index (Phi) is 8.67. The molecule has 0 unspecified atom stereocenters. The lowest BCUT2D eigenvalue weighted by molar-refractivity contribution is -0.384. The molecule has 3 rings (SSSR count). The number of nitro groups is 1. The molecule has 1 atom stereocenters. The third kappa shape index (κ3) is 6.81. The van der Waals surface area contributed by atoms with E-state index in [1.807, 2.05) is 31.2 Å². The summed E-state index contributed by atoms with van der Waals surface area (Å²) in [6, 6.07) is 11.8. The van der Waals surface area contributed by atoms with Gasteiger partial charge in [-0.25, -0.2) is 8.42 Å². The van der Waals surface area contributed by atoms with Crippen molar-refractivity contribution in [2.45, 2.75) is 58.2 Å². The summed E-state index contributed by atoms with van der Waals surface area (Å²) in [5, 5.41) is 14.2. The minimum atomic E-state index is -3.97. The normalized spacial score (nSPS) is 14.8. The van der Waals surface area contributed by atoms with Gasteiger partial charge in [-0.3, -0.25) is 24.0 Å². The minimum absolute atomic E-state index is 0.000970. The molecule has 1 fully saturated rings. The number of anilines is 1. The number of nitrogens with one attached hydrogen (secondary N) is 1. The van der Waals surface area contributed by atoms with Crippen LogP contribution in [0.4, 0.5) is 11.4 Å². The van der Waals surface area contributed by atoms with Crippen molar-refractivity contribution < 1.29 is 22.9 Å². The molecule has 0 heterocycles. The summed E-state index contributed by atoms with van der Waals surface area (Å²) in [6.07, 6.45) is 4.79. The third-order valence-electron chi connectivity index (χ3n) is 6.48. The van der Waals surface area contributed by atoms with Crippen LogP contribution < -0.4 is 9.62 Å². The summed E-state index contributed by atoms with van der Waals surface area (Å²) in [5.41, 5.74) is 1.46. The molecule has 2 amide bonds. The lowest BCUT2D eigenvalue weighted by Gasteiger charge is -2.32. The predicted octanol–water partition coefficient (Wildman–Crippen LogP) is 3.15. The quantitative estimate of drug-likeness (QED) is 0.381. The van der Waals surface area contributed by atoms with Gasteiger partial charge in [-0.05, 0) is 43.9 Å². The Hall–Kier alpha value is -3.47. The van der Waals surface area contributed by atoms with Crippen molar-refractivity contribution in [2.24, 2.45) is 0 Å². The van der Waals surface area contributed by atoms with Gasteiger partial charge in [0.2, 0.25) is 21.8 Å². The van der Waals surface area contributed by atoms with Gasteiger partial charge in [0.1, 0.15) is 12.6 Å². The number of carbonyl (C=O) groups is 2. The van der Waals surface area contributed by atoms with Crippen molar-refractivity contribution in [2.75, 3.05) is 17.1 Å². The number of rotatable bonds is 10. The van der Waals surface area contributed by atoms with Gasteiger partial charge >= 0.3 is 0 Å². The fourth-order valence-electron chi connectivity index (χ4n) is 4.32. The third-order valence-corrected chi connectivity index (χ3v) is 7.62. The van der Waals surface area contributed by atoms with Crippen LogP contribution in [0.2, 0.25) is 0 Å². The molecule has 194 valence electrons.